The van der Waals surface area contributed by atoms with Crippen molar-refractivity contribution >= 4 is 33.6 Å². The summed E-state index contributed by atoms with van der Waals surface area (Å²) in [5.74, 6) is -1.55. The van der Waals surface area contributed by atoms with Crippen LogP contribution in [0.1, 0.15) is 342 Å². The number of aliphatic hydroxyl groups is 2. The number of carbonyl (C=O) groups is 3. The van der Waals surface area contributed by atoms with Crippen LogP contribution in [0.25, 0.3) is 0 Å². The lowest BCUT2D eigenvalue weighted by atomic mass is 10.0. The molecule has 0 heterocycles. The lowest BCUT2D eigenvalue weighted by Gasteiger charge is -2.21. The van der Waals surface area contributed by atoms with Gasteiger partial charge in [0.15, 0.2) is 6.10 Å². The molecule has 0 amide bonds. The lowest BCUT2D eigenvalue weighted by Crippen LogP contribution is -2.30. The minimum Gasteiger partial charge on any atom is -0.463 e. The maximum atomic E-state index is 12.9. The van der Waals surface area contributed by atoms with E-state index in [0.29, 0.717) is 19.3 Å². The number of unbranched alkanes of at least 4 members (excludes halogenated alkanes) is 40. The highest BCUT2D eigenvalue weighted by Crippen LogP contribution is 2.45. The van der Waals surface area contributed by atoms with Crippen molar-refractivity contribution < 1.29 is 75.8 Å². The average Bonchev–Trinajstić information content (AvgIpc) is 3.72. The summed E-state index contributed by atoms with van der Waals surface area (Å²) in [6.45, 7) is 2.69. The van der Waals surface area contributed by atoms with Crippen molar-refractivity contribution in [2.45, 2.75) is 360 Å². The predicted molar refractivity (Wildman–Crippen MR) is 372 cm³/mol. The minimum atomic E-state index is -4.91. The Balaban J connectivity index is 4.37. The van der Waals surface area contributed by atoms with Crippen molar-refractivity contribution in [2.75, 3.05) is 39.6 Å². The molecule has 91 heavy (non-hydrogen) atoms. The number of allylic oxidation sites excluding steroid dienone is 8. The number of ether oxygens (including phenoxy) is 3. The van der Waals surface area contributed by atoms with Gasteiger partial charge in [-0.05, 0) is 64.2 Å². The third-order valence-corrected chi connectivity index (χ3v) is 18.0. The number of hydrogen-bond donors (Lipinski definition) is 4. The van der Waals surface area contributed by atoms with Crippen LogP contribution in [0.15, 0.2) is 48.6 Å². The molecule has 4 N–H and O–H groups in total. The van der Waals surface area contributed by atoms with E-state index in [1.807, 2.05) is 0 Å². The van der Waals surface area contributed by atoms with E-state index in [4.69, 9.17) is 32.3 Å². The largest absolute Gasteiger partial charge is 0.472 e. The first kappa shape index (κ1) is 88.5. The molecule has 0 bridgehead atoms. The van der Waals surface area contributed by atoms with Gasteiger partial charge in [-0.25, -0.2) is 9.13 Å². The smallest absolute Gasteiger partial charge is 0.463 e. The fourth-order valence-corrected chi connectivity index (χ4v) is 12.0. The summed E-state index contributed by atoms with van der Waals surface area (Å²) in [5.41, 5.74) is 0. The number of esters is 3. The Morgan fingerprint density at radius 3 is 0.890 bits per heavy atom. The Kier molecular flexibility index (Phi) is 65.6. The molecule has 0 saturated carbocycles. The molecule has 0 aliphatic rings. The normalized spacial score (nSPS) is 14.4. The summed E-state index contributed by atoms with van der Waals surface area (Å²) < 4.78 is 60.9. The van der Waals surface area contributed by atoms with E-state index in [-0.39, 0.29) is 19.3 Å². The van der Waals surface area contributed by atoms with Crippen LogP contribution in [-0.2, 0) is 55.8 Å². The van der Waals surface area contributed by atoms with Crippen LogP contribution >= 0.6 is 15.6 Å². The molecule has 5 unspecified atom stereocenters. The van der Waals surface area contributed by atoms with Gasteiger partial charge in [-0.2, -0.15) is 0 Å². The summed E-state index contributed by atoms with van der Waals surface area (Å²) in [6, 6.07) is 0. The van der Waals surface area contributed by atoms with Crippen LogP contribution in [0.2, 0.25) is 0 Å². The monoisotopic (exact) mass is 1330 g/mol. The van der Waals surface area contributed by atoms with Gasteiger partial charge < -0.3 is 34.2 Å². The molecule has 0 aromatic rings. The quantitative estimate of drug-likeness (QED) is 0.0146. The molecule has 0 aromatic heterocycles. The minimum absolute atomic E-state index is 0.113. The highest BCUT2D eigenvalue weighted by Gasteiger charge is 2.29. The molecule has 18 heteroatoms. The SMILES string of the molecule is CCCCC/C=C\C/C=C\C/C=C\C/C=C\CCCCCCCCCCCCCCCC(=O)OCC(O)COP(=O)(O)OCC(O)COP(=O)(O)OCC(COC(=O)CCCCCCCCCCCCCCCCC)OC(=O)CCCCCCCCCCCCC. The second-order valence-corrected chi connectivity index (χ2v) is 28.0. The Bertz CT molecular complexity index is 1860. The molecule has 16 nitrogen and oxygen atoms in total. The number of hydrogen-bond acceptors (Lipinski definition) is 14. The molecule has 0 radical (unpaired) electrons. The van der Waals surface area contributed by atoms with Crippen LogP contribution in [0, 0.1) is 0 Å². The third kappa shape index (κ3) is 68.7. The van der Waals surface area contributed by atoms with E-state index in [1.165, 1.54) is 193 Å². The van der Waals surface area contributed by atoms with Crippen molar-refractivity contribution in [1.29, 1.82) is 0 Å². The van der Waals surface area contributed by atoms with E-state index in [9.17, 15) is 43.5 Å². The summed E-state index contributed by atoms with van der Waals surface area (Å²) in [5, 5.41) is 20.6. The van der Waals surface area contributed by atoms with Gasteiger partial charge >= 0.3 is 33.6 Å². The van der Waals surface area contributed by atoms with Crippen molar-refractivity contribution in [3.63, 3.8) is 0 Å². The highest BCUT2D eigenvalue weighted by molar-refractivity contribution is 7.47. The Labute approximate surface area is 555 Å². The average molecular weight is 1330 g/mol. The van der Waals surface area contributed by atoms with E-state index in [0.717, 1.165) is 89.9 Å². The first-order valence-electron chi connectivity index (χ1n) is 36.9. The molecule has 0 fully saturated rings. The van der Waals surface area contributed by atoms with Crippen LogP contribution in [0.3, 0.4) is 0 Å². The molecule has 0 rings (SSSR count). The predicted octanol–water partition coefficient (Wildman–Crippen LogP) is 20.8. The number of phosphoric acid groups is 2. The zero-order valence-corrected chi connectivity index (χ0v) is 59.8. The fraction of sp³-hybridized carbons (Fsp3) is 0.849. The number of rotatable bonds is 71. The number of aliphatic hydroxyl groups excluding tert-OH is 2. The van der Waals surface area contributed by atoms with Crippen LogP contribution in [0.5, 0.6) is 0 Å². The topological polar surface area (TPSA) is 231 Å². The summed E-state index contributed by atoms with van der Waals surface area (Å²) in [4.78, 5) is 58.3. The first-order chi connectivity index (χ1) is 44.2. The van der Waals surface area contributed by atoms with Crippen molar-refractivity contribution in [2.24, 2.45) is 0 Å². The highest BCUT2D eigenvalue weighted by atomic mass is 31.2. The molecule has 534 valence electrons. The first-order valence-corrected chi connectivity index (χ1v) is 39.9. The van der Waals surface area contributed by atoms with Crippen molar-refractivity contribution in [1.82, 2.24) is 0 Å². The van der Waals surface area contributed by atoms with Gasteiger partial charge in [0.25, 0.3) is 0 Å². The summed E-state index contributed by atoms with van der Waals surface area (Å²) >= 11 is 0. The number of phosphoric ester groups is 2. The zero-order chi connectivity index (χ0) is 66.7. The van der Waals surface area contributed by atoms with Gasteiger partial charge in [-0.3, -0.25) is 32.5 Å². The zero-order valence-electron chi connectivity index (χ0n) is 58.0. The van der Waals surface area contributed by atoms with Gasteiger partial charge in [0.2, 0.25) is 0 Å². The molecular weight excluding hydrogens is 1190 g/mol. The second-order valence-electron chi connectivity index (χ2n) is 25.1. The molecule has 0 aliphatic heterocycles. The molecule has 0 aliphatic carbocycles. The molecule has 0 aromatic carbocycles. The standard InChI is InChI=1S/C73H136O16P2/c1-4-7-10-13-16-19-22-24-26-27-28-29-30-31-32-33-34-35-36-37-38-39-41-43-45-47-50-53-56-59-71(76)83-62-68(74)63-85-90(79,80)86-64-69(75)65-87-91(81,82)88-67-70(89-73(78)61-58-55-52-49-44-21-18-15-12-9-6-3)66-84-72(77)60-57-54-51-48-46-42-40-25-23-20-17-14-11-8-5-2/h16,19,24,26,28-29,31-32,68-70,74-75H,4-15,17-18,20-23,25,27,30,33-67H2,1-3H3,(H,79,80)(H,81,82)/b19-16-,26-24-,29-28-,32-31-. The van der Waals surface area contributed by atoms with Crippen LogP contribution in [-0.4, -0.2) is 95.9 Å². The Morgan fingerprint density at radius 1 is 0.308 bits per heavy atom. The maximum absolute atomic E-state index is 12.9. The molecule has 0 saturated heterocycles. The Hall–Kier alpha value is -2.49. The summed E-state index contributed by atoms with van der Waals surface area (Å²) in [7, 11) is -9.75. The molecular formula is C73H136O16P2. The lowest BCUT2D eigenvalue weighted by molar-refractivity contribution is -0.161. The van der Waals surface area contributed by atoms with E-state index < -0.39 is 91.5 Å². The summed E-state index contributed by atoms with van der Waals surface area (Å²) in [6.07, 6.45) is 68.9. The van der Waals surface area contributed by atoms with Gasteiger partial charge in [-0.15, -0.1) is 0 Å². The van der Waals surface area contributed by atoms with Gasteiger partial charge in [0.05, 0.1) is 26.4 Å². The van der Waals surface area contributed by atoms with Crippen LogP contribution < -0.4 is 0 Å². The second kappa shape index (κ2) is 67.5. The van der Waals surface area contributed by atoms with E-state index in [1.54, 1.807) is 0 Å². The fourth-order valence-electron chi connectivity index (χ4n) is 10.4. The van der Waals surface area contributed by atoms with Gasteiger partial charge in [-0.1, -0.05) is 307 Å². The maximum Gasteiger partial charge on any atom is 0.472 e. The van der Waals surface area contributed by atoms with Crippen molar-refractivity contribution in [3.8, 4) is 0 Å². The van der Waals surface area contributed by atoms with E-state index in [2.05, 4.69) is 69.4 Å². The number of carbonyl (C=O) groups excluding carboxylic acids is 3. The third-order valence-electron chi connectivity index (χ3n) is 16.1. The van der Waals surface area contributed by atoms with Crippen LogP contribution in [0.4, 0.5) is 0 Å². The molecule has 0 spiro atoms. The van der Waals surface area contributed by atoms with E-state index >= 15 is 0 Å². The van der Waals surface area contributed by atoms with Gasteiger partial charge in [0, 0.05) is 19.3 Å². The van der Waals surface area contributed by atoms with Crippen molar-refractivity contribution in [3.05, 3.63) is 48.6 Å². The van der Waals surface area contributed by atoms with Gasteiger partial charge in [0.1, 0.15) is 25.4 Å². The molecule has 5 atom stereocenters. The Morgan fingerprint density at radius 2 is 0.549 bits per heavy atom.